The summed E-state index contributed by atoms with van der Waals surface area (Å²) in [5.74, 6) is 2.81. The molecular weight excluding hydrogens is 292 g/mol. The summed E-state index contributed by atoms with van der Waals surface area (Å²) >= 11 is 7.74. The first-order valence-electron chi connectivity index (χ1n) is 5.20. The molecule has 0 spiro atoms. The normalized spacial score (nSPS) is 59.3. The molecule has 4 aliphatic carbocycles. The van der Waals surface area contributed by atoms with Crippen LogP contribution in [0.4, 0.5) is 0 Å². The largest absolute Gasteiger partial charge is 0.0899 e. The maximum absolute atomic E-state index is 3.87. The van der Waals surface area contributed by atoms with Crippen molar-refractivity contribution >= 4 is 31.9 Å². The zero-order chi connectivity index (χ0) is 9.65. The summed E-state index contributed by atoms with van der Waals surface area (Å²) in [6.07, 6.45) is 2.90. The highest BCUT2D eigenvalue weighted by molar-refractivity contribution is 9.25. The van der Waals surface area contributed by atoms with E-state index in [4.69, 9.17) is 0 Å². The number of hydrogen-bond donors (Lipinski definition) is 0. The Morgan fingerprint density at radius 1 is 1.00 bits per heavy atom. The van der Waals surface area contributed by atoms with Crippen LogP contribution in [0.2, 0.25) is 0 Å². The molecule has 4 aliphatic rings. The SMILES string of the molecule is CC1(C)C2CC1C1(C)C(C2)C1(Br)Br. The Morgan fingerprint density at radius 3 is 1.92 bits per heavy atom. The second-order valence-corrected chi connectivity index (χ2v) is 9.57. The quantitative estimate of drug-likeness (QED) is 0.589. The smallest absolute Gasteiger partial charge is 0.0718 e. The molecule has 0 N–H and O–H groups in total. The maximum Gasteiger partial charge on any atom is 0.0899 e. The lowest BCUT2D eigenvalue weighted by molar-refractivity contribution is -0.106. The summed E-state index contributed by atoms with van der Waals surface area (Å²) in [4.78, 5) is 0. The number of hydrogen-bond acceptors (Lipinski definition) is 0. The van der Waals surface area contributed by atoms with Gasteiger partial charge in [0.25, 0.3) is 0 Å². The predicted molar refractivity (Wildman–Crippen MR) is 62.2 cm³/mol. The summed E-state index contributed by atoms with van der Waals surface area (Å²) in [7, 11) is 0. The molecule has 4 rings (SSSR count). The van der Waals surface area contributed by atoms with Gasteiger partial charge in [-0.3, -0.25) is 0 Å². The number of halogens is 2. The van der Waals surface area contributed by atoms with Gasteiger partial charge in [-0.25, -0.2) is 0 Å². The molecule has 0 aliphatic heterocycles. The molecule has 0 aromatic rings. The molecule has 0 aromatic carbocycles. The molecule has 0 saturated heterocycles. The van der Waals surface area contributed by atoms with Gasteiger partial charge in [0.1, 0.15) is 0 Å². The molecule has 74 valence electrons. The van der Waals surface area contributed by atoms with Gasteiger partial charge in [-0.15, -0.1) is 0 Å². The van der Waals surface area contributed by atoms with Gasteiger partial charge in [-0.1, -0.05) is 52.6 Å². The van der Waals surface area contributed by atoms with Crippen molar-refractivity contribution in [2.45, 2.75) is 36.8 Å². The first-order valence-corrected chi connectivity index (χ1v) is 6.79. The highest BCUT2D eigenvalue weighted by Crippen LogP contribution is 2.86. The fraction of sp³-hybridized carbons (Fsp3) is 1.00. The van der Waals surface area contributed by atoms with Crippen LogP contribution < -0.4 is 0 Å². The van der Waals surface area contributed by atoms with Gasteiger partial charge in [0, 0.05) is 5.41 Å². The zero-order valence-corrected chi connectivity index (χ0v) is 11.6. The van der Waals surface area contributed by atoms with Crippen LogP contribution in [0.25, 0.3) is 0 Å². The van der Waals surface area contributed by atoms with Crippen LogP contribution in [-0.2, 0) is 0 Å². The molecular formula is C11H16Br2. The van der Waals surface area contributed by atoms with Crippen LogP contribution in [0.15, 0.2) is 0 Å². The van der Waals surface area contributed by atoms with Crippen LogP contribution in [0, 0.1) is 28.6 Å². The molecule has 2 bridgehead atoms. The Morgan fingerprint density at radius 2 is 1.54 bits per heavy atom. The molecule has 4 fully saturated rings. The Kier molecular flexibility index (Phi) is 1.46. The van der Waals surface area contributed by atoms with Gasteiger partial charge in [-0.2, -0.15) is 0 Å². The van der Waals surface area contributed by atoms with Crippen LogP contribution in [-0.4, -0.2) is 3.23 Å². The van der Waals surface area contributed by atoms with Crippen molar-refractivity contribution in [3.8, 4) is 0 Å². The van der Waals surface area contributed by atoms with E-state index in [1.807, 2.05) is 0 Å². The molecule has 2 heteroatoms. The first kappa shape index (κ1) is 9.21. The topological polar surface area (TPSA) is 0 Å². The fourth-order valence-corrected chi connectivity index (χ4v) is 6.42. The van der Waals surface area contributed by atoms with Gasteiger partial charge in [0.05, 0.1) is 3.23 Å². The maximum atomic E-state index is 3.87. The zero-order valence-electron chi connectivity index (χ0n) is 8.40. The van der Waals surface area contributed by atoms with Crippen molar-refractivity contribution in [2.75, 3.05) is 0 Å². The molecule has 4 saturated carbocycles. The van der Waals surface area contributed by atoms with E-state index < -0.39 is 0 Å². The molecule has 0 radical (unpaired) electrons. The Labute approximate surface area is 97.1 Å². The second-order valence-electron chi connectivity index (χ2n) is 6.00. The van der Waals surface area contributed by atoms with Crippen LogP contribution in [0.3, 0.4) is 0 Å². The minimum absolute atomic E-state index is 0.278. The van der Waals surface area contributed by atoms with Crippen molar-refractivity contribution < 1.29 is 0 Å². The van der Waals surface area contributed by atoms with Crippen molar-refractivity contribution in [1.29, 1.82) is 0 Å². The molecule has 0 aromatic heterocycles. The Hall–Kier alpha value is 0.960. The lowest BCUT2D eigenvalue weighted by Gasteiger charge is -2.59. The number of alkyl halides is 2. The van der Waals surface area contributed by atoms with Crippen molar-refractivity contribution in [3.63, 3.8) is 0 Å². The van der Waals surface area contributed by atoms with Crippen molar-refractivity contribution in [1.82, 2.24) is 0 Å². The number of rotatable bonds is 0. The van der Waals surface area contributed by atoms with Crippen molar-refractivity contribution in [3.05, 3.63) is 0 Å². The average molecular weight is 308 g/mol. The molecule has 0 heterocycles. The van der Waals surface area contributed by atoms with E-state index in [9.17, 15) is 0 Å². The third-order valence-electron chi connectivity index (χ3n) is 5.51. The minimum atomic E-state index is 0.278. The Bertz CT molecular complexity index is 280. The van der Waals surface area contributed by atoms with Gasteiger partial charge in [0.2, 0.25) is 0 Å². The summed E-state index contributed by atoms with van der Waals surface area (Å²) in [5, 5.41) is 0. The molecule has 0 nitrogen and oxygen atoms in total. The first-order chi connectivity index (χ1) is 5.83. The van der Waals surface area contributed by atoms with E-state index in [1.54, 1.807) is 0 Å². The summed E-state index contributed by atoms with van der Waals surface area (Å²) in [5.41, 5.74) is 1.14. The standard InChI is InChI=1S/C11H16Br2/c1-9(2)6-4-7(9)10(3)8(5-6)11(10,12)13/h6-8H,4-5H2,1-3H3. The van der Waals surface area contributed by atoms with E-state index in [0.717, 1.165) is 17.8 Å². The monoisotopic (exact) mass is 306 g/mol. The Balaban J connectivity index is 2.01. The van der Waals surface area contributed by atoms with Crippen molar-refractivity contribution in [2.24, 2.45) is 28.6 Å². The highest BCUT2D eigenvalue weighted by atomic mass is 79.9. The fourth-order valence-electron chi connectivity index (χ4n) is 4.22. The highest BCUT2D eigenvalue weighted by Gasteiger charge is 2.82. The van der Waals surface area contributed by atoms with E-state index in [0.29, 0.717) is 10.8 Å². The lowest BCUT2D eigenvalue weighted by atomic mass is 9.45. The molecule has 4 unspecified atom stereocenters. The van der Waals surface area contributed by atoms with E-state index in [-0.39, 0.29) is 3.23 Å². The predicted octanol–water partition coefficient (Wildman–Crippen LogP) is 4.17. The summed E-state index contributed by atoms with van der Waals surface area (Å²) < 4.78 is 0.278. The van der Waals surface area contributed by atoms with Gasteiger partial charge >= 0.3 is 0 Å². The third-order valence-corrected chi connectivity index (χ3v) is 8.33. The van der Waals surface area contributed by atoms with Crippen LogP contribution >= 0.6 is 31.9 Å². The second kappa shape index (κ2) is 2.07. The molecule has 0 amide bonds. The van der Waals surface area contributed by atoms with Gasteiger partial charge in [0.15, 0.2) is 0 Å². The van der Waals surface area contributed by atoms with Crippen LogP contribution in [0.5, 0.6) is 0 Å². The van der Waals surface area contributed by atoms with Crippen LogP contribution in [0.1, 0.15) is 33.6 Å². The van der Waals surface area contributed by atoms with Gasteiger partial charge in [-0.05, 0) is 36.0 Å². The van der Waals surface area contributed by atoms with Gasteiger partial charge < -0.3 is 0 Å². The summed E-state index contributed by atoms with van der Waals surface area (Å²) in [6, 6.07) is 0. The lowest BCUT2D eigenvalue weighted by Crippen LogP contribution is -2.52. The van der Waals surface area contributed by atoms with E-state index in [1.165, 1.54) is 12.8 Å². The average Bonchev–Trinajstić information content (AvgIpc) is 2.46. The molecule has 13 heavy (non-hydrogen) atoms. The molecule has 4 atom stereocenters. The minimum Gasteiger partial charge on any atom is -0.0718 e. The summed E-state index contributed by atoms with van der Waals surface area (Å²) in [6.45, 7) is 7.38. The van der Waals surface area contributed by atoms with E-state index >= 15 is 0 Å². The third kappa shape index (κ3) is 0.737. The van der Waals surface area contributed by atoms with E-state index in [2.05, 4.69) is 52.6 Å².